The smallest absolute Gasteiger partial charge is 0.397 e. The van der Waals surface area contributed by atoms with Gasteiger partial charge in [-0.2, -0.15) is 4.98 Å². The number of carbonyl (C=O) groups is 2. The van der Waals surface area contributed by atoms with Crippen LogP contribution in [-0.2, 0) is 14.4 Å². The van der Waals surface area contributed by atoms with Crippen molar-refractivity contribution in [3.05, 3.63) is 33.7 Å². The normalized spacial score (nSPS) is 13.6. The maximum absolute atomic E-state index is 12.5. The average molecular weight is 419 g/mol. The zero-order chi connectivity index (χ0) is 22.6. The SMILES string of the molecule is CCOc1nc2ccc(C(C)NC(=O)[C@H](C)NOC(=O)C(C)(C)C)c(C)c2c(=O)o1. The number of fused-ring (bicyclic) bond motifs is 1. The van der Waals surface area contributed by atoms with Gasteiger partial charge in [-0.05, 0) is 65.7 Å². The van der Waals surface area contributed by atoms with Crippen molar-refractivity contribution in [3.8, 4) is 6.08 Å². The molecule has 1 aromatic heterocycles. The van der Waals surface area contributed by atoms with Gasteiger partial charge in [-0.3, -0.25) is 4.79 Å². The summed E-state index contributed by atoms with van der Waals surface area (Å²) in [6, 6.07) is 2.31. The molecule has 2 N–H and O–H groups in total. The lowest BCUT2D eigenvalue weighted by Crippen LogP contribution is -2.45. The van der Waals surface area contributed by atoms with Gasteiger partial charge < -0.3 is 19.3 Å². The molecule has 2 aromatic rings. The second kappa shape index (κ2) is 9.25. The number of aryl methyl sites for hydroxylation is 1. The Hall–Kier alpha value is -2.94. The average Bonchev–Trinajstić information content (AvgIpc) is 2.64. The van der Waals surface area contributed by atoms with E-state index in [9.17, 15) is 14.4 Å². The summed E-state index contributed by atoms with van der Waals surface area (Å²) in [6.07, 6.45) is -0.0757. The fourth-order valence-electron chi connectivity index (χ4n) is 2.73. The number of hydrogen-bond acceptors (Lipinski definition) is 8. The molecule has 1 aromatic carbocycles. The Labute approximate surface area is 175 Å². The van der Waals surface area contributed by atoms with E-state index in [0.29, 0.717) is 23.1 Å². The number of aromatic nitrogens is 1. The van der Waals surface area contributed by atoms with Gasteiger partial charge in [0.1, 0.15) is 6.04 Å². The van der Waals surface area contributed by atoms with E-state index in [4.69, 9.17) is 14.0 Å². The van der Waals surface area contributed by atoms with Crippen LogP contribution in [-0.4, -0.2) is 29.5 Å². The summed E-state index contributed by atoms with van der Waals surface area (Å²) in [4.78, 5) is 45.9. The van der Waals surface area contributed by atoms with Gasteiger partial charge in [0.15, 0.2) is 0 Å². The van der Waals surface area contributed by atoms with E-state index in [0.717, 1.165) is 5.56 Å². The van der Waals surface area contributed by atoms with E-state index in [-0.39, 0.29) is 12.0 Å². The molecule has 1 unspecified atom stereocenters. The van der Waals surface area contributed by atoms with Gasteiger partial charge >= 0.3 is 17.7 Å². The van der Waals surface area contributed by atoms with Crippen molar-refractivity contribution >= 4 is 22.8 Å². The van der Waals surface area contributed by atoms with E-state index in [2.05, 4.69) is 15.8 Å². The summed E-state index contributed by atoms with van der Waals surface area (Å²) in [7, 11) is 0. The highest BCUT2D eigenvalue weighted by Crippen LogP contribution is 2.24. The highest BCUT2D eigenvalue weighted by atomic mass is 16.7. The molecule has 30 heavy (non-hydrogen) atoms. The van der Waals surface area contributed by atoms with Crippen molar-refractivity contribution in [2.45, 2.75) is 60.5 Å². The van der Waals surface area contributed by atoms with E-state index >= 15 is 0 Å². The number of nitrogens with zero attached hydrogens (tertiary/aromatic N) is 1. The molecule has 0 bridgehead atoms. The molecule has 0 spiro atoms. The molecule has 1 amide bonds. The van der Waals surface area contributed by atoms with Gasteiger partial charge in [-0.25, -0.2) is 9.59 Å². The van der Waals surface area contributed by atoms with Crippen LogP contribution >= 0.6 is 0 Å². The Morgan fingerprint density at radius 2 is 1.90 bits per heavy atom. The van der Waals surface area contributed by atoms with E-state index in [1.807, 2.05) is 0 Å². The third-order valence-electron chi connectivity index (χ3n) is 4.51. The van der Waals surface area contributed by atoms with Crippen LogP contribution in [0.25, 0.3) is 10.9 Å². The van der Waals surface area contributed by atoms with Crippen LogP contribution in [0.1, 0.15) is 58.7 Å². The molecular weight excluding hydrogens is 390 g/mol. The van der Waals surface area contributed by atoms with Crippen molar-refractivity contribution < 1.29 is 23.6 Å². The van der Waals surface area contributed by atoms with Crippen LogP contribution in [0, 0.1) is 12.3 Å². The lowest BCUT2D eigenvalue weighted by Gasteiger charge is -2.22. The van der Waals surface area contributed by atoms with Crippen molar-refractivity contribution in [2.75, 3.05) is 6.61 Å². The molecule has 2 rings (SSSR count). The van der Waals surface area contributed by atoms with Gasteiger partial charge in [0.25, 0.3) is 0 Å². The van der Waals surface area contributed by atoms with Gasteiger partial charge in [-0.15, -0.1) is 5.48 Å². The predicted molar refractivity (Wildman–Crippen MR) is 111 cm³/mol. The summed E-state index contributed by atoms with van der Waals surface area (Å²) in [6.45, 7) is 12.4. The molecule has 0 aliphatic rings. The summed E-state index contributed by atoms with van der Waals surface area (Å²) in [5.74, 6) is -0.827. The number of amides is 1. The third kappa shape index (κ3) is 5.35. The number of rotatable bonds is 7. The third-order valence-corrected chi connectivity index (χ3v) is 4.51. The number of hydrogen-bond donors (Lipinski definition) is 2. The summed E-state index contributed by atoms with van der Waals surface area (Å²) >= 11 is 0. The topological polar surface area (TPSA) is 120 Å². The lowest BCUT2D eigenvalue weighted by atomic mass is 9.98. The lowest BCUT2D eigenvalue weighted by molar-refractivity contribution is -0.163. The van der Waals surface area contributed by atoms with Crippen LogP contribution in [0.3, 0.4) is 0 Å². The van der Waals surface area contributed by atoms with Crippen molar-refractivity contribution in [2.24, 2.45) is 5.41 Å². The zero-order valence-electron chi connectivity index (χ0n) is 18.4. The number of hydroxylamine groups is 1. The van der Waals surface area contributed by atoms with Gasteiger partial charge in [-0.1, -0.05) is 6.07 Å². The Balaban J connectivity index is 2.15. The molecule has 164 valence electrons. The minimum atomic E-state index is -0.764. The highest BCUT2D eigenvalue weighted by molar-refractivity contribution is 5.84. The molecule has 2 atom stereocenters. The maximum Gasteiger partial charge on any atom is 0.397 e. The van der Waals surface area contributed by atoms with Crippen LogP contribution in [0.4, 0.5) is 0 Å². The minimum absolute atomic E-state index is 0.0757. The number of benzene rings is 1. The fourth-order valence-corrected chi connectivity index (χ4v) is 2.73. The molecule has 0 fully saturated rings. The Morgan fingerprint density at radius 3 is 2.50 bits per heavy atom. The monoisotopic (exact) mass is 419 g/mol. The minimum Gasteiger partial charge on any atom is -0.450 e. The summed E-state index contributed by atoms with van der Waals surface area (Å²) in [5, 5.41) is 3.18. The molecule has 1 heterocycles. The van der Waals surface area contributed by atoms with Gasteiger partial charge in [0.05, 0.1) is 29.0 Å². The van der Waals surface area contributed by atoms with Crippen LogP contribution in [0.15, 0.2) is 21.3 Å². The standard InChI is InChI=1S/C21H29N3O6/c1-8-28-20-23-15-10-9-14(11(2)16(15)18(26)29-20)12(3)22-17(25)13(4)24-30-19(27)21(5,6)7/h9-10,12-13,24H,8H2,1-7H3,(H,22,25)/t12?,13-/m0/s1. The fraction of sp³-hybridized carbons (Fsp3) is 0.524. The largest absolute Gasteiger partial charge is 0.450 e. The summed E-state index contributed by atoms with van der Waals surface area (Å²) < 4.78 is 10.3. The molecule has 0 aliphatic heterocycles. The highest BCUT2D eigenvalue weighted by Gasteiger charge is 2.26. The number of ether oxygens (including phenoxy) is 1. The predicted octanol–water partition coefficient (Wildman–Crippen LogP) is 2.55. The molecule has 0 aliphatic carbocycles. The number of carbonyl (C=O) groups excluding carboxylic acids is 2. The summed E-state index contributed by atoms with van der Waals surface area (Å²) in [5.41, 5.74) is 3.09. The zero-order valence-corrected chi connectivity index (χ0v) is 18.4. The van der Waals surface area contributed by atoms with Crippen molar-refractivity contribution in [1.82, 2.24) is 15.8 Å². The van der Waals surface area contributed by atoms with Gasteiger partial charge in [0, 0.05) is 0 Å². The Morgan fingerprint density at radius 1 is 1.23 bits per heavy atom. The molecule has 0 saturated heterocycles. The maximum atomic E-state index is 12.5. The molecule has 9 nitrogen and oxygen atoms in total. The molecule has 0 saturated carbocycles. The number of nitrogens with one attached hydrogen (secondary N) is 2. The van der Waals surface area contributed by atoms with E-state index in [1.165, 1.54) is 0 Å². The molecule has 9 heteroatoms. The van der Waals surface area contributed by atoms with Crippen LogP contribution in [0.5, 0.6) is 6.08 Å². The Bertz CT molecular complexity index is 993. The van der Waals surface area contributed by atoms with E-state index < -0.39 is 29.1 Å². The van der Waals surface area contributed by atoms with Crippen LogP contribution < -0.4 is 21.2 Å². The first-order chi connectivity index (χ1) is 14.0. The first-order valence-electron chi connectivity index (χ1n) is 9.80. The molecular formula is C21H29N3O6. The molecule has 0 radical (unpaired) electrons. The van der Waals surface area contributed by atoms with Crippen LogP contribution in [0.2, 0.25) is 0 Å². The van der Waals surface area contributed by atoms with Crippen molar-refractivity contribution in [1.29, 1.82) is 0 Å². The second-order valence-electron chi connectivity index (χ2n) is 8.08. The van der Waals surface area contributed by atoms with Crippen molar-refractivity contribution in [3.63, 3.8) is 0 Å². The first-order valence-corrected chi connectivity index (χ1v) is 9.80. The first kappa shape index (κ1) is 23.3. The van der Waals surface area contributed by atoms with E-state index in [1.54, 1.807) is 60.6 Å². The quantitative estimate of drug-likeness (QED) is 0.657. The van der Waals surface area contributed by atoms with Gasteiger partial charge in [0.2, 0.25) is 5.91 Å². The second-order valence-corrected chi connectivity index (χ2v) is 8.08. The Kier molecular flexibility index (Phi) is 7.20.